The quantitative estimate of drug-likeness (QED) is 0.0736. The van der Waals surface area contributed by atoms with Crippen LogP contribution < -0.4 is 20.9 Å². The Labute approximate surface area is 395 Å². The Balaban J connectivity index is 1.05. The van der Waals surface area contributed by atoms with E-state index < -0.39 is 75.5 Å². The van der Waals surface area contributed by atoms with Gasteiger partial charge in [-0.25, -0.2) is 13.2 Å². The number of aromatic hydroxyl groups is 1. The summed E-state index contributed by atoms with van der Waals surface area (Å²) >= 11 is 0. The van der Waals surface area contributed by atoms with Crippen LogP contribution in [0.5, 0.6) is 5.75 Å². The van der Waals surface area contributed by atoms with Crippen LogP contribution in [0.1, 0.15) is 126 Å². The van der Waals surface area contributed by atoms with E-state index in [9.17, 15) is 47.1 Å². The zero-order chi connectivity index (χ0) is 48.9. The van der Waals surface area contributed by atoms with Crippen molar-refractivity contribution < 1.29 is 51.8 Å². The molecule has 0 bridgehead atoms. The molecule has 17 nitrogen and oxygen atoms in total. The van der Waals surface area contributed by atoms with Gasteiger partial charge in [0.1, 0.15) is 23.9 Å². The summed E-state index contributed by atoms with van der Waals surface area (Å²) in [5, 5.41) is 19.3. The summed E-state index contributed by atoms with van der Waals surface area (Å²) in [5.74, 6) is -3.96. The zero-order valence-electron chi connectivity index (χ0n) is 38.5. The molecule has 2 heterocycles. The molecule has 2 aliphatic heterocycles. The van der Waals surface area contributed by atoms with Crippen molar-refractivity contribution in [1.29, 1.82) is 0 Å². The highest BCUT2D eigenvalue weighted by atomic mass is 32.2. The maximum absolute atomic E-state index is 14.5. The fourth-order valence-corrected chi connectivity index (χ4v) is 9.84. The second kappa shape index (κ2) is 20.4. The molecule has 358 valence electrons. The Kier molecular flexibility index (Phi) is 14.7. The van der Waals surface area contributed by atoms with Crippen LogP contribution in [0.3, 0.4) is 0 Å². The van der Waals surface area contributed by atoms with Gasteiger partial charge in [-0.3, -0.25) is 39.0 Å². The van der Waals surface area contributed by atoms with Crippen molar-refractivity contribution >= 4 is 62.9 Å². The van der Waals surface area contributed by atoms with Gasteiger partial charge in [0.15, 0.2) is 0 Å². The number of nitrogens with one attached hydrogen (secondary N) is 3. The number of anilines is 2. The molecule has 7 rings (SSSR count). The molecule has 4 aromatic rings. The van der Waals surface area contributed by atoms with E-state index in [0.717, 1.165) is 36.1 Å². The predicted octanol–water partition coefficient (Wildman–Crippen LogP) is 6.54. The lowest BCUT2D eigenvalue weighted by Gasteiger charge is -2.29. The standard InChI is InChI=1S/C50H56N6O11S/c1-31-14-21-36(22-15-31)68(65,66)55(49(64)67-50(2,3)4)30-43(59)54(29-32-16-18-34(19-17-32)33-10-6-5-7-11-33)35-20-23-37(41(57)28-35)45(60)52-27-9-26-51-39-13-8-12-38-44(39)48(63)56(47(38)62)40-24-25-42(58)53-46(40)61/h8,12-23,28,33,40,51,57H,5-7,9-11,24-27,29-30H2,1-4H3,(H,52,60)(H,53,58,61). The molecule has 7 amide bonds. The fraction of sp³-hybridized carbons (Fsp3) is 0.380. The number of imide groups is 2. The normalized spacial score (nSPS) is 16.5. The molecule has 4 aromatic carbocycles. The van der Waals surface area contributed by atoms with Crippen LogP contribution in [0.15, 0.2) is 89.8 Å². The van der Waals surface area contributed by atoms with Crippen LogP contribution in [0.25, 0.3) is 0 Å². The molecule has 1 atom stereocenters. The van der Waals surface area contributed by atoms with E-state index in [4.69, 9.17) is 4.74 Å². The monoisotopic (exact) mass is 948 g/mol. The van der Waals surface area contributed by atoms with Gasteiger partial charge < -0.3 is 25.4 Å². The molecule has 4 N–H and O–H groups in total. The van der Waals surface area contributed by atoms with E-state index in [-0.39, 0.29) is 59.7 Å². The lowest BCUT2D eigenvalue weighted by atomic mass is 9.84. The Morgan fingerprint density at radius 3 is 2.24 bits per heavy atom. The Bertz CT molecular complexity index is 2730. The summed E-state index contributed by atoms with van der Waals surface area (Å²) < 4.78 is 34.0. The number of nitrogens with zero attached hydrogens (tertiary/aromatic N) is 3. The Hall–Kier alpha value is -7.08. The van der Waals surface area contributed by atoms with Crippen molar-refractivity contribution in [3.05, 3.63) is 118 Å². The van der Waals surface area contributed by atoms with Crippen LogP contribution in [-0.4, -0.2) is 95.5 Å². The Morgan fingerprint density at radius 1 is 0.868 bits per heavy atom. The summed E-state index contributed by atoms with van der Waals surface area (Å²) in [5.41, 5.74) is 2.16. The summed E-state index contributed by atoms with van der Waals surface area (Å²) in [7, 11) is -4.61. The highest BCUT2D eigenvalue weighted by Crippen LogP contribution is 2.35. The number of amides is 7. The molecular weight excluding hydrogens is 893 g/mol. The van der Waals surface area contributed by atoms with Gasteiger partial charge >= 0.3 is 6.09 Å². The molecule has 0 radical (unpaired) electrons. The number of aryl methyl sites for hydroxylation is 1. The second-order valence-electron chi connectivity index (χ2n) is 18.3. The number of sulfonamides is 1. The first kappa shape index (κ1) is 48.8. The lowest BCUT2D eigenvalue weighted by molar-refractivity contribution is -0.136. The van der Waals surface area contributed by atoms with E-state index >= 15 is 0 Å². The fourth-order valence-electron chi connectivity index (χ4n) is 8.59. The zero-order valence-corrected chi connectivity index (χ0v) is 39.3. The van der Waals surface area contributed by atoms with Gasteiger partial charge in [0.05, 0.1) is 28.1 Å². The van der Waals surface area contributed by atoms with E-state index in [1.54, 1.807) is 52.0 Å². The molecule has 0 aromatic heterocycles. The number of rotatable bonds is 15. The van der Waals surface area contributed by atoms with Gasteiger partial charge in [-0.1, -0.05) is 67.3 Å². The molecule has 1 aliphatic carbocycles. The molecule has 3 aliphatic rings. The summed E-state index contributed by atoms with van der Waals surface area (Å²) in [6.45, 7) is 5.86. The number of phenolic OH excluding ortho intramolecular Hbond substituents is 1. The summed E-state index contributed by atoms with van der Waals surface area (Å²) in [6, 6.07) is 21.3. The number of ether oxygens (including phenoxy) is 1. The largest absolute Gasteiger partial charge is 0.507 e. The van der Waals surface area contributed by atoms with Crippen molar-refractivity contribution in [1.82, 2.24) is 19.8 Å². The summed E-state index contributed by atoms with van der Waals surface area (Å²) in [6.07, 6.45) is 4.81. The number of hydrogen-bond donors (Lipinski definition) is 4. The van der Waals surface area contributed by atoms with Crippen molar-refractivity contribution in [3.8, 4) is 5.75 Å². The molecule has 18 heteroatoms. The van der Waals surface area contributed by atoms with E-state index in [2.05, 4.69) is 16.0 Å². The number of piperidine rings is 1. The number of carbonyl (C=O) groups excluding carboxylic acids is 7. The minimum Gasteiger partial charge on any atom is -0.507 e. The van der Waals surface area contributed by atoms with Gasteiger partial charge in [0.2, 0.25) is 17.7 Å². The topological polar surface area (TPSA) is 229 Å². The molecule has 1 saturated carbocycles. The first-order valence-electron chi connectivity index (χ1n) is 22.7. The Morgan fingerprint density at radius 2 is 1.57 bits per heavy atom. The van der Waals surface area contributed by atoms with Gasteiger partial charge in [-0.15, -0.1) is 0 Å². The van der Waals surface area contributed by atoms with Gasteiger partial charge in [-0.2, -0.15) is 4.31 Å². The van der Waals surface area contributed by atoms with E-state index in [0.29, 0.717) is 27.9 Å². The van der Waals surface area contributed by atoms with E-state index in [1.807, 2.05) is 24.3 Å². The highest BCUT2D eigenvalue weighted by molar-refractivity contribution is 7.89. The molecule has 1 saturated heterocycles. The smallest absolute Gasteiger partial charge is 0.424 e. The van der Waals surface area contributed by atoms with Crippen molar-refractivity contribution in [2.75, 3.05) is 29.9 Å². The van der Waals surface area contributed by atoms with E-state index in [1.165, 1.54) is 53.3 Å². The third-order valence-electron chi connectivity index (χ3n) is 12.1. The lowest BCUT2D eigenvalue weighted by Crippen LogP contribution is -2.54. The molecule has 0 spiro atoms. The number of hydrogen-bond acceptors (Lipinski definition) is 12. The third kappa shape index (κ3) is 11.0. The number of phenols is 1. The van der Waals surface area contributed by atoms with Crippen LogP contribution in [-0.2, 0) is 35.7 Å². The number of fused-ring (bicyclic) bond motifs is 1. The number of carbonyl (C=O) groups is 7. The van der Waals surface area contributed by atoms with Gasteiger partial charge in [0.25, 0.3) is 27.7 Å². The van der Waals surface area contributed by atoms with Crippen LogP contribution in [0.4, 0.5) is 16.2 Å². The third-order valence-corrected chi connectivity index (χ3v) is 13.9. The van der Waals surface area contributed by atoms with Crippen molar-refractivity contribution in [3.63, 3.8) is 0 Å². The minimum atomic E-state index is -4.61. The molecule has 68 heavy (non-hydrogen) atoms. The summed E-state index contributed by atoms with van der Waals surface area (Å²) in [4.78, 5) is 94.3. The van der Waals surface area contributed by atoms with Crippen molar-refractivity contribution in [2.45, 2.75) is 108 Å². The van der Waals surface area contributed by atoms with Crippen LogP contribution in [0, 0.1) is 6.92 Å². The van der Waals surface area contributed by atoms with Gasteiger partial charge in [-0.05, 0) is 107 Å². The SMILES string of the molecule is Cc1ccc(S(=O)(=O)N(CC(=O)N(Cc2ccc(C3CCCCC3)cc2)c2ccc(C(=O)NCCCNc3cccc4c3C(=O)N(C3CCC(=O)NC3=O)C4=O)c(O)c2)C(=O)OC(C)(C)C)cc1. The van der Waals surface area contributed by atoms with Crippen LogP contribution in [0.2, 0.25) is 0 Å². The molecule has 1 unspecified atom stereocenters. The highest BCUT2D eigenvalue weighted by Gasteiger charge is 2.45. The minimum absolute atomic E-state index is 0.00423. The first-order valence-corrected chi connectivity index (χ1v) is 24.2. The second-order valence-corrected chi connectivity index (χ2v) is 20.1. The first-order chi connectivity index (χ1) is 32.3. The maximum Gasteiger partial charge on any atom is 0.424 e. The number of benzene rings is 4. The average Bonchev–Trinajstić information content (AvgIpc) is 3.55. The van der Waals surface area contributed by atoms with Crippen molar-refractivity contribution in [2.24, 2.45) is 0 Å². The molecule has 2 fully saturated rings. The average molecular weight is 949 g/mol. The van der Waals surface area contributed by atoms with Gasteiger partial charge in [0, 0.05) is 37.0 Å². The molecular formula is C50H56N6O11S. The maximum atomic E-state index is 14.5. The predicted molar refractivity (Wildman–Crippen MR) is 251 cm³/mol. The van der Waals surface area contributed by atoms with Crippen LogP contribution >= 0.6 is 0 Å².